The molecule has 4 aromatic rings. The molecule has 0 amide bonds. The average Bonchev–Trinajstić information content (AvgIpc) is 3.30. The van der Waals surface area contributed by atoms with Crippen LogP contribution < -0.4 is 29.1 Å². The lowest BCUT2D eigenvalue weighted by Crippen LogP contribution is -2.40. The van der Waals surface area contributed by atoms with E-state index >= 15 is 0 Å². The van der Waals surface area contributed by atoms with Gasteiger partial charge in [-0.3, -0.25) is 9.36 Å². The minimum atomic E-state index is -0.776. The van der Waals surface area contributed by atoms with Crippen LogP contribution in [-0.2, 0) is 16.1 Å². The second-order valence-corrected chi connectivity index (χ2v) is 13.5. The molecule has 0 aliphatic carbocycles. The van der Waals surface area contributed by atoms with Gasteiger partial charge in [0.1, 0.15) is 18.4 Å². The number of ether oxygens (including phenoxy) is 4. The summed E-state index contributed by atoms with van der Waals surface area (Å²) in [6.45, 7) is 7.95. The molecule has 11 heteroatoms. The first-order valence-corrected chi connectivity index (χ1v) is 17.0. The van der Waals surface area contributed by atoms with Crippen molar-refractivity contribution >= 4 is 61.9 Å². The van der Waals surface area contributed by atoms with Gasteiger partial charge in [0.25, 0.3) is 5.56 Å². The van der Waals surface area contributed by atoms with Crippen molar-refractivity contribution in [1.82, 2.24) is 4.57 Å². The number of nitrogens with zero attached hydrogens (tertiary/aromatic N) is 2. The molecular formula is C34H32BrIN2O6S. The molecule has 0 radical (unpaired) electrons. The number of fused-ring (bicyclic) bond motifs is 1. The normalized spacial score (nSPS) is 14.7. The molecule has 0 bridgehead atoms. The predicted molar refractivity (Wildman–Crippen MR) is 187 cm³/mol. The van der Waals surface area contributed by atoms with Crippen molar-refractivity contribution < 1.29 is 23.7 Å². The van der Waals surface area contributed by atoms with Crippen LogP contribution in [0, 0.1) is 3.57 Å². The fraction of sp³-hybridized carbons (Fsp3) is 0.265. The van der Waals surface area contributed by atoms with Crippen LogP contribution in [0.15, 0.2) is 86.2 Å². The second-order valence-electron chi connectivity index (χ2n) is 10.5. The topological polar surface area (TPSA) is 88.4 Å². The molecule has 5 rings (SSSR count). The molecule has 0 saturated heterocycles. The molecule has 0 spiro atoms. The summed E-state index contributed by atoms with van der Waals surface area (Å²) in [5.41, 5.74) is 2.99. The molecule has 1 aliphatic heterocycles. The largest absolute Gasteiger partial charge is 0.493 e. The number of hydrogen-bond donors (Lipinski definition) is 0. The Bertz CT molecular complexity index is 1950. The van der Waals surface area contributed by atoms with Gasteiger partial charge in [0, 0.05) is 10.0 Å². The Morgan fingerprint density at radius 2 is 1.87 bits per heavy atom. The number of aromatic nitrogens is 1. The van der Waals surface area contributed by atoms with Gasteiger partial charge in [-0.25, -0.2) is 9.79 Å². The third-order valence-electron chi connectivity index (χ3n) is 6.94. The fourth-order valence-corrected chi connectivity index (χ4v) is 7.10. The van der Waals surface area contributed by atoms with Crippen LogP contribution in [0.25, 0.3) is 6.08 Å². The number of hydrogen-bond acceptors (Lipinski definition) is 8. The molecule has 1 aromatic heterocycles. The number of halogens is 2. The van der Waals surface area contributed by atoms with Crippen molar-refractivity contribution in [2.24, 2.45) is 4.99 Å². The highest BCUT2D eigenvalue weighted by Gasteiger charge is 2.35. The van der Waals surface area contributed by atoms with E-state index in [1.165, 1.54) is 11.3 Å². The summed E-state index contributed by atoms with van der Waals surface area (Å²) in [4.78, 5) is 32.7. The summed E-state index contributed by atoms with van der Waals surface area (Å²) in [6.07, 6.45) is 1.70. The highest BCUT2D eigenvalue weighted by atomic mass is 127. The molecule has 2 heterocycles. The zero-order chi connectivity index (χ0) is 32.2. The van der Waals surface area contributed by atoms with Crippen LogP contribution in [0.2, 0.25) is 0 Å². The number of esters is 1. The maximum absolute atomic E-state index is 14.2. The van der Waals surface area contributed by atoms with Crippen molar-refractivity contribution in [2.75, 3.05) is 13.7 Å². The van der Waals surface area contributed by atoms with E-state index in [0.717, 1.165) is 19.2 Å². The minimum Gasteiger partial charge on any atom is -0.493 e. The first-order chi connectivity index (χ1) is 21.6. The molecule has 234 valence electrons. The fourth-order valence-electron chi connectivity index (χ4n) is 5.00. The smallest absolute Gasteiger partial charge is 0.338 e. The summed E-state index contributed by atoms with van der Waals surface area (Å²) in [7, 11) is 1.59. The van der Waals surface area contributed by atoms with Gasteiger partial charge in [0.2, 0.25) is 0 Å². The zero-order valence-corrected chi connectivity index (χ0v) is 30.0. The summed E-state index contributed by atoms with van der Waals surface area (Å²) in [5.74, 6) is 1.24. The number of rotatable bonds is 10. The summed E-state index contributed by atoms with van der Waals surface area (Å²) in [5, 5.41) is 0. The van der Waals surface area contributed by atoms with E-state index in [4.69, 9.17) is 23.9 Å². The van der Waals surface area contributed by atoms with E-state index in [2.05, 4.69) is 38.5 Å². The molecule has 0 unspecified atom stereocenters. The molecule has 1 atom stereocenters. The number of carbonyl (C=O) groups is 1. The van der Waals surface area contributed by atoms with E-state index in [-0.39, 0.29) is 18.3 Å². The molecule has 8 nitrogen and oxygen atoms in total. The Balaban J connectivity index is 1.60. The summed E-state index contributed by atoms with van der Waals surface area (Å²) in [6, 6.07) is 18.4. The Hall–Kier alpha value is -3.42. The maximum Gasteiger partial charge on any atom is 0.338 e. The maximum atomic E-state index is 14.2. The van der Waals surface area contributed by atoms with Crippen molar-refractivity contribution in [3.8, 4) is 17.2 Å². The molecule has 45 heavy (non-hydrogen) atoms. The lowest BCUT2D eigenvalue weighted by Gasteiger charge is -2.26. The third-order valence-corrected chi connectivity index (χ3v) is 9.25. The predicted octanol–water partition coefficient (Wildman–Crippen LogP) is 6.54. The number of allylic oxidation sites excluding steroid dienone is 1. The number of methoxy groups -OCH3 is 1. The van der Waals surface area contributed by atoms with Gasteiger partial charge >= 0.3 is 5.97 Å². The van der Waals surface area contributed by atoms with E-state index in [1.54, 1.807) is 25.5 Å². The zero-order valence-electron chi connectivity index (χ0n) is 25.4. The van der Waals surface area contributed by atoms with E-state index in [0.29, 0.717) is 50.0 Å². The van der Waals surface area contributed by atoms with Crippen LogP contribution in [0.3, 0.4) is 0 Å². The van der Waals surface area contributed by atoms with Crippen molar-refractivity contribution in [1.29, 1.82) is 0 Å². The molecule has 1 aliphatic rings. The minimum absolute atomic E-state index is 0.114. The van der Waals surface area contributed by atoms with Gasteiger partial charge in [-0.2, -0.15) is 0 Å². The van der Waals surface area contributed by atoms with Crippen molar-refractivity contribution in [2.45, 2.75) is 46.4 Å². The standard InChI is InChI=1S/C34H32BrIN2O6S/c1-6-42-33(40)29-20(4)37-34-38(30(29)24-9-7-8-10-26(24)44-19(2)3)32(39)28(45-34)17-22-15-25(36)31(27(16-22)41-5)43-18-21-11-13-23(35)14-12-21/h7-17,19,30H,6,18H2,1-5H3/b28-17+/t30-/m0/s1. The lowest BCUT2D eigenvalue weighted by molar-refractivity contribution is -0.139. The molecule has 0 N–H and O–H groups in total. The van der Waals surface area contributed by atoms with Gasteiger partial charge in [0.15, 0.2) is 16.3 Å². The van der Waals surface area contributed by atoms with E-state index < -0.39 is 12.0 Å². The van der Waals surface area contributed by atoms with Crippen LogP contribution >= 0.6 is 49.9 Å². The summed E-state index contributed by atoms with van der Waals surface area (Å²) < 4.78 is 27.3. The van der Waals surface area contributed by atoms with Gasteiger partial charge in [-0.15, -0.1) is 0 Å². The number of para-hydroxylation sites is 1. The summed E-state index contributed by atoms with van der Waals surface area (Å²) >= 11 is 6.93. The van der Waals surface area contributed by atoms with Crippen molar-refractivity contribution in [3.63, 3.8) is 0 Å². The quantitative estimate of drug-likeness (QED) is 0.134. The van der Waals surface area contributed by atoms with Crippen LogP contribution in [0.4, 0.5) is 0 Å². The second kappa shape index (κ2) is 14.3. The number of carbonyl (C=O) groups excluding carboxylic acids is 1. The van der Waals surface area contributed by atoms with Gasteiger partial charge < -0.3 is 18.9 Å². The lowest BCUT2D eigenvalue weighted by atomic mass is 9.95. The molecular weight excluding hydrogens is 771 g/mol. The third kappa shape index (κ3) is 7.20. The van der Waals surface area contributed by atoms with Gasteiger partial charge in [-0.1, -0.05) is 57.6 Å². The SMILES string of the molecule is CCOC(=O)C1=C(C)N=c2s/c(=C/c3cc(I)c(OCc4ccc(Br)cc4)c(OC)c3)c(=O)n2[C@H]1c1ccccc1OC(C)C. The van der Waals surface area contributed by atoms with Crippen LogP contribution in [0.5, 0.6) is 17.2 Å². The molecule has 0 saturated carbocycles. The number of thiazole rings is 1. The Labute approximate surface area is 287 Å². The Morgan fingerprint density at radius 3 is 2.56 bits per heavy atom. The van der Waals surface area contributed by atoms with Gasteiger partial charge in [0.05, 0.1) is 39.2 Å². The monoisotopic (exact) mass is 802 g/mol. The average molecular weight is 804 g/mol. The Morgan fingerprint density at radius 1 is 1.13 bits per heavy atom. The molecule has 0 fully saturated rings. The van der Waals surface area contributed by atoms with Gasteiger partial charge in [-0.05, 0) is 97.8 Å². The van der Waals surface area contributed by atoms with Crippen LogP contribution in [-0.4, -0.2) is 30.4 Å². The first-order valence-electron chi connectivity index (χ1n) is 14.3. The number of benzene rings is 3. The van der Waals surface area contributed by atoms with Crippen molar-refractivity contribution in [3.05, 3.63) is 116 Å². The van der Waals surface area contributed by atoms with Crippen LogP contribution in [0.1, 0.15) is 50.4 Å². The molecule has 3 aromatic carbocycles. The Kier molecular flexibility index (Phi) is 10.5. The first kappa shape index (κ1) is 33.0. The van der Waals surface area contributed by atoms with E-state index in [9.17, 15) is 9.59 Å². The highest BCUT2D eigenvalue weighted by Crippen LogP contribution is 2.37. The van der Waals surface area contributed by atoms with E-state index in [1.807, 2.05) is 80.6 Å². The highest BCUT2D eigenvalue weighted by molar-refractivity contribution is 14.1.